The third-order valence-corrected chi connectivity index (χ3v) is 7.06. The molecule has 0 aliphatic carbocycles. The Hall–Kier alpha value is -4.00. The lowest BCUT2D eigenvalue weighted by Gasteiger charge is -2.37. The predicted octanol–water partition coefficient (Wildman–Crippen LogP) is 3.98. The summed E-state index contributed by atoms with van der Waals surface area (Å²) in [6.45, 7) is 1.42. The third-order valence-electron chi connectivity index (χ3n) is 7.06. The quantitative estimate of drug-likeness (QED) is 0.621. The summed E-state index contributed by atoms with van der Waals surface area (Å²) < 4.78 is 19.4. The smallest absolute Gasteiger partial charge is 0.238 e. The number of carbonyl (C=O) groups is 3. The summed E-state index contributed by atoms with van der Waals surface area (Å²) in [4.78, 5) is 42.7. The molecule has 0 saturated carbocycles. The van der Waals surface area contributed by atoms with E-state index < -0.39 is 35.0 Å². The Balaban J connectivity index is 1.67. The topological polar surface area (TPSA) is 79.6 Å². The highest BCUT2D eigenvalue weighted by Gasteiger charge is 2.70. The first kappa shape index (κ1) is 19.7. The van der Waals surface area contributed by atoms with Gasteiger partial charge in [0.15, 0.2) is 11.5 Å². The number of para-hydroxylation sites is 1. The van der Waals surface area contributed by atoms with E-state index in [2.05, 4.69) is 5.32 Å². The van der Waals surface area contributed by atoms with Crippen LogP contribution in [0.25, 0.3) is 6.08 Å². The molecule has 3 aliphatic heterocycles. The highest BCUT2D eigenvalue weighted by atomic mass is 19.1. The number of hydrogen-bond donors (Lipinski definition) is 1. The van der Waals surface area contributed by atoms with Crippen molar-refractivity contribution in [1.82, 2.24) is 0 Å². The number of Topliss-reactive ketones (excluding diaryl/α,β-unsaturated/α-hetero) is 2. The fourth-order valence-electron chi connectivity index (χ4n) is 5.88. The van der Waals surface area contributed by atoms with E-state index in [9.17, 15) is 18.8 Å². The Morgan fingerprint density at radius 1 is 1.12 bits per heavy atom. The first-order valence-electron chi connectivity index (χ1n) is 10.7. The second kappa shape index (κ2) is 6.75. The van der Waals surface area contributed by atoms with Crippen LogP contribution in [0.1, 0.15) is 28.6 Å². The minimum Gasteiger partial charge on any atom is -0.461 e. The molecule has 1 saturated heterocycles. The van der Waals surface area contributed by atoms with E-state index in [0.29, 0.717) is 22.5 Å². The molecule has 0 bridgehead atoms. The van der Waals surface area contributed by atoms with Gasteiger partial charge in [0.25, 0.3) is 0 Å². The molecular formula is C26H19FN2O4. The van der Waals surface area contributed by atoms with Crippen molar-refractivity contribution in [3.05, 3.63) is 89.6 Å². The van der Waals surface area contributed by atoms with Gasteiger partial charge in [-0.05, 0) is 48.9 Å². The average Bonchev–Trinajstić information content (AvgIpc) is 3.50. The molecule has 4 atom stereocenters. The summed E-state index contributed by atoms with van der Waals surface area (Å²) in [5.74, 6) is -2.38. The van der Waals surface area contributed by atoms with Gasteiger partial charge in [-0.15, -0.1) is 0 Å². The van der Waals surface area contributed by atoms with Crippen molar-refractivity contribution in [2.75, 3.05) is 10.2 Å². The van der Waals surface area contributed by atoms with Gasteiger partial charge in [0.2, 0.25) is 11.7 Å². The van der Waals surface area contributed by atoms with Gasteiger partial charge >= 0.3 is 0 Å². The number of nitrogens with zero attached hydrogens (tertiary/aromatic N) is 1. The molecule has 1 amide bonds. The lowest BCUT2D eigenvalue weighted by atomic mass is 9.65. The zero-order valence-electron chi connectivity index (χ0n) is 17.6. The van der Waals surface area contributed by atoms with Gasteiger partial charge in [0, 0.05) is 16.9 Å². The van der Waals surface area contributed by atoms with Crippen LogP contribution in [0.3, 0.4) is 0 Å². The molecule has 6 nitrogen and oxygen atoms in total. The number of benzene rings is 2. The average molecular weight is 442 g/mol. The molecule has 6 rings (SSSR count). The Morgan fingerprint density at radius 2 is 1.94 bits per heavy atom. The zero-order valence-corrected chi connectivity index (χ0v) is 17.6. The summed E-state index contributed by atoms with van der Waals surface area (Å²) in [5, 5.41) is 2.93. The third kappa shape index (κ3) is 2.44. The summed E-state index contributed by atoms with van der Waals surface area (Å²) in [6.07, 6.45) is 4.95. The molecule has 1 spiro atoms. The van der Waals surface area contributed by atoms with Crippen molar-refractivity contribution in [2.45, 2.75) is 24.4 Å². The van der Waals surface area contributed by atoms with Crippen molar-refractivity contribution in [1.29, 1.82) is 0 Å². The van der Waals surface area contributed by atoms with Crippen molar-refractivity contribution in [2.24, 2.45) is 5.92 Å². The van der Waals surface area contributed by atoms with Crippen LogP contribution in [0.5, 0.6) is 0 Å². The number of ketones is 2. The normalized spacial score (nSPS) is 26.7. The summed E-state index contributed by atoms with van der Waals surface area (Å²) in [5.41, 5.74) is 1.11. The molecule has 0 unspecified atom stereocenters. The van der Waals surface area contributed by atoms with E-state index >= 15 is 0 Å². The number of amides is 1. The molecule has 4 heterocycles. The Bertz CT molecular complexity index is 1360. The summed E-state index contributed by atoms with van der Waals surface area (Å²) >= 11 is 0. The largest absolute Gasteiger partial charge is 0.461 e. The maximum Gasteiger partial charge on any atom is 0.238 e. The number of rotatable bonds is 3. The predicted molar refractivity (Wildman–Crippen MR) is 119 cm³/mol. The van der Waals surface area contributed by atoms with Gasteiger partial charge in [-0.25, -0.2) is 4.39 Å². The van der Waals surface area contributed by atoms with E-state index in [4.69, 9.17) is 4.42 Å². The number of fused-ring (bicyclic) bond motifs is 6. The number of anilines is 2. The summed E-state index contributed by atoms with van der Waals surface area (Å²) in [6, 6.07) is 13.1. The molecule has 0 radical (unpaired) electrons. The molecule has 1 aromatic heterocycles. The standard InChI is InChI=1S/C26H19FN2O4/c1-14(30)23-22(24(31)20-7-4-12-33-20)26(17-5-2-3-6-18(17)28-25(26)32)21-11-8-15-13-16(27)9-10-19(15)29(21)23/h2-13,21-23H,1H3,(H,28,32)/t21-,22+,23+,26-/m0/s1. The van der Waals surface area contributed by atoms with E-state index in [-0.39, 0.29) is 17.5 Å². The SMILES string of the molecule is CC(=O)[C@@H]1[C@H](C(=O)c2ccco2)[C@@]2(C(=O)Nc3ccccc32)[C@@H]2C=Cc3cc(F)ccc3N12. The first-order chi connectivity index (χ1) is 15.9. The molecule has 164 valence electrons. The van der Waals surface area contributed by atoms with Crippen molar-refractivity contribution < 1.29 is 23.2 Å². The van der Waals surface area contributed by atoms with Gasteiger partial charge < -0.3 is 14.6 Å². The van der Waals surface area contributed by atoms with E-state index in [1.54, 1.807) is 36.4 Å². The zero-order chi connectivity index (χ0) is 22.9. The van der Waals surface area contributed by atoms with Crippen LogP contribution >= 0.6 is 0 Å². The van der Waals surface area contributed by atoms with E-state index in [0.717, 1.165) is 0 Å². The van der Waals surface area contributed by atoms with Crippen LogP contribution in [0.2, 0.25) is 0 Å². The molecule has 2 aromatic carbocycles. The van der Waals surface area contributed by atoms with E-state index in [1.807, 2.05) is 23.1 Å². The molecule has 7 heteroatoms. The molecule has 3 aromatic rings. The molecule has 33 heavy (non-hydrogen) atoms. The monoisotopic (exact) mass is 442 g/mol. The van der Waals surface area contributed by atoms with Crippen LogP contribution in [-0.4, -0.2) is 29.6 Å². The maximum absolute atomic E-state index is 14.0. The Labute approximate surface area is 188 Å². The Morgan fingerprint density at radius 3 is 2.70 bits per heavy atom. The van der Waals surface area contributed by atoms with Crippen LogP contribution in [0.4, 0.5) is 15.8 Å². The molecule has 3 aliphatic rings. The van der Waals surface area contributed by atoms with Crippen molar-refractivity contribution in [3.8, 4) is 0 Å². The van der Waals surface area contributed by atoms with Crippen LogP contribution in [0.15, 0.2) is 71.4 Å². The van der Waals surface area contributed by atoms with Gasteiger partial charge in [0.1, 0.15) is 11.2 Å². The minimum atomic E-state index is -1.36. The molecule has 1 fully saturated rings. The lowest BCUT2D eigenvalue weighted by Crippen LogP contribution is -2.51. The Kier molecular flexibility index (Phi) is 4.02. The molecular weight excluding hydrogens is 423 g/mol. The van der Waals surface area contributed by atoms with Crippen LogP contribution in [0, 0.1) is 11.7 Å². The number of carbonyl (C=O) groups excluding carboxylic acids is 3. The van der Waals surface area contributed by atoms with Crippen molar-refractivity contribution in [3.63, 3.8) is 0 Å². The second-order valence-electron chi connectivity index (χ2n) is 8.66. The minimum absolute atomic E-state index is 0.0889. The van der Waals surface area contributed by atoms with Crippen molar-refractivity contribution >= 4 is 34.9 Å². The lowest BCUT2D eigenvalue weighted by molar-refractivity contribution is -0.122. The fourth-order valence-corrected chi connectivity index (χ4v) is 5.88. The van der Waals surface area contributed by atoms with Gasteiger partial charge in [-0.3, -0.25) is 14.4 Å². The van der Waals surface area contributed by atoms with Gasteiger partial charge in [-0.2, -0.15) is 0 Å². The second-order valence-corrected chi connectivity index (χ2v) is 8.66. The highest BCUT2D eigenvalue weighted by molar-refractivity contribution is 6.16. The highest BCUT2D eigenvalue weighted by Crippen LogP contribution is 2.57. The van der Waals surface area contributed by atoms with Crippen LogP contribution < -0.4 is 10.2 Å². The fraction of sp³-hybridized carbons (Fsp3) is 0.192. The summed E-state index contributed by atoms with van der Waals surface area (Å²) in [7, 11) is 0. The number of nitrogens with one attached hydrogen (secondary N) is 1. The number of halogens is 1. The van der Waals surface area contributed by atoms with Gasteiger partial charge in [-0.1, -0.05) is 30.4 Å². The number of hydrogen-bond acceptors (Lipinski definition) is 5. The molecule has 1 N–H and O–H groups in total. The van der Waals surface area contributed by atoms with Crippen LogP contribution in [-0.2, 0) is 15.0 Å². The number of furan rings is 1. The first-order valence-corrected chi connectivity index (χ1v) is 10.7. The van der Waals surface area contributed by atoms with Gasteiger partial charge in [0.05, 0.1) is 24.3 Å². The maximum atomic E-state index is 14.0. The van der Waals surface area contributed by atoms with E-state index in [1.165, 1.54) is 25.3 Å².